The van der Waals surface area contributed by atoms with Gasteiger partial charge in [-0.1, -0.05) is 6.92 Å². The molecule has 0 saturated carbocycles. The summed E-state index contributed by atoms with van der Waals surface area (Å²) in [5.41, 5.74) is 0. The first-order valence-electron chi connectivity index (χ1n) is 10.3. The molecule has 2 heterocycles. The van der Waals surface area contributed by atoms with Gasteiger partial charge in [0, 0.05) is 58.8 Å². The summed E-state index contributed by atoms with van der Waals surface area (Å²) in [4.78, 5) is 21.4. The number of amides is 1. The molecule has 1 atom stereocenters. The number of likely N-dealkylation sites (tertiary alicyclic amines) is 1. The van der Waals surface area contributed by atoms with Gasteiger partial charge in [0.2, 0.25) is 5.91 Å². The molecule has 0 aromatic heterocycles. The van der Waals surface area contributed by atoms with Crippen molar-refractivity contribution in [2.75, 3.05) is 65.6 Å². The van der Waals surface area contributed by atoms with Crippen LogP contribution < -0.4 is 10.6 Å². The molecule has 0 radical (unpaired) electrons. The average Bonchev–Trinajstić information content (AvgIpc) is 2.66. The molecule has 150 valence electrons. The Bertz CT molecular complexity index is 438. The van der Waals surface area contributed by atoms with E-state index in [2.05, 4.69) is 34.4 Å². The zero-order valence-electron chi connectivity index (χ0n) is 16.6. The molecule has 2 rings (SSSR count). The van der Waals surface area contributed by atoms with Crippen LogP contribution in [0.4, 0.5) is 0 Å². The van der Waals surface area contributed by atoms with Gasteiger partial charge in [-0.3, -0.25) is 14.7 Å². The highest BCUT2D eigenvalue weighted by atomic mass is 16.5. The molecule has 0 spiro atoms. The van der Waals surface area contributed by atoms with Crippen LogP contribution in [0.25, 0.3) is 0 Å². The minimum atomic E-state index is 0.257. The minimum absolute atomic E-state index is 0.257. The fourth-order valence-electron chi connectivity index (χ4n) is 3.51. The van der Waals surface area contributed by atoms with Crippen LogP contribution in [0.3, 0.4) is 0 Å². The monoisotopic (exact) mass is 367 g/mol. The van der Waals surface area contributed by atoms with Crippen molar-refractivity contribution in [1.82, 2.24) is 20.4 Å². The zero-order chi connectivity index (χ0) is 18.6. The van der Waals surface area contributed by atoms with Crippen LogP contribution in [0, 0.1) is 5.92 Å². The zero-order valence-corrected chi connectivity index (χ0v) is 16.6. The average molecular weight is 368 g/mol. The first-order chi connectivity index (χ1) is 12.7. The highest BCUT2D eigenvalue weighted by Crippen LogP contribution is 2.15. The molecule has 7 nitrogen and oxygen atoms in total. The molecule has 2 aliphatic rings. The number of ether oxygens (including phenoxy) is 1. The fraction of sp³-hybridized carbons (Fsp3) is 0.895. The Morgan fingerprint density at radius 1 is 1.23 bits per heavy atom. The summed E-state index contributed by atoms with van der Waals surface area (Å²) >= 11 is 0. The Hall–Kier alpha value is -1.34. The van der Waals surface area contributed by atoms with Crippen LogP contribution in [-0.2, 0) is 9.53 Å². The van der Waals surface area contributed by atoms with Gasteiger partial charge < -0.3 is 20.3 Å². The second-order valence-electron chi connectivity index (χ2n) is 7.33. The Kier molecular flexibility index (Phi) is 9.77. The summed E-state index contributed by atoms with van der Waals surface area (Å²) in [6, 6.07) is 0. The fourth-order valence-corrected chi connectivity index (χ4v) is 3.51. The predicted molar refractivity (Wildman–Crippen MR) is 105 cm³/mol. The van der Waals surface area contributed by atoms with Crippen LogP contribution in [-0.4, -0.2) is 87.2 Å². The van der Waals surface area contributed by atoms with Gasteiger partial charge in [0.25, 0.3) is 0 Å². The molecule has 2 aliphatic heterocycles. The van der Waals surface area contributed by atoms with Gasteiger partial charge in [0.05, 0.1) is 13.2 Å². The highest BCUT2D eigenvalue weighted by molar-refractivity contribution is 5.81. The second kappa shape index (κ2) is 12.1. The number of nitrogens with zero attached hydrogens (tertiary/aromatic N) is 3. The molecule has 26 heavy (non-hydrogen) atoms. The number of rotatable bonds is 8. The number of aliphatic imine (C=N–C) groups is 1. The third-order valence-corrected chi connectivity index (χ3v) is 4.99. The van der Waals surface area contributed by atoms with Crippen molar-refractivity contribution in [3.8, 4) is 0 Å². The number of guanidine groups is 1. The largest absolute Gasteiger partial charge is 0.379 e. The summed E-state index contributed by atoms with van der Waals surface area (Å²) in [5.74, 6) is 1.70. The Balaban J connectivity index is 1.63. The van der Waals surface area contributed by atoms with E-state index in [4.69, 9.17) is 4.74 Å². The van der Waals surface area contributed by atoms with Gasteiger partial charge >= 0.3 is 0 Å². The maximum Gasteiger partial charge on any atom is 0.224 e. The van der Waals surface area contributed by atoms with Gasteiger partial charge in [0.1, 0.15) is 0 Å². The van der Waals surface area contributed by atoms with Gasteiger partial charge in [-0.25, -0.2) is 0 Å². The lowest BCUT2D eigenvalue weighted by atomic mass is 10.00. The maximum absolute atomic E-state index is 12.3. The maximum atomic E-state index is 12.3. The summed E-state index contributed by atoms with van der Waals surface area (Å²) in [6.07, 6.45) is 3.95. The number of nitrogens with one attached hydrogen (secondary N) is 2. The second-order valence-corrected chi connectivity index (χ2v) is 7.33. The van der Waals surface area contributed by atoms with E-state index in [-0.39, 0.29) is 5.91 Å². The summed E-state index contributed by atoms with van der Waals surface area (Å²) in [6.45, 7) is 13.2. The topological polar surface area (TPSA) is 69.2 Å². The molecule has 7 heteroatoms. The number of carbonyl (C=O) groups is 1. The van der Waals surface area contributed by atoms with Crippen molar-refractivity contribution in [1.29, 1.82) is 0 Å². The van der Waals surface area contributed by atoms with E-state index in [9.17, 15) is 4.79 Å². The van der Waals surface area contributed by atoms with E-state index in [1.54, 1.807) is 0 Å². The summed E-state index contributed by atoms with van der Waals surface area (Å²) in [7, 11) is 0. The quantitative estimate of drug-likeness (QED) is 0.379. The van der Waals surface area contributed by atoms with Gasteiger partial charge in [-0.05, 0) is 32.1 Å². The molecule has 1 amide bonds. The third-order valence-electron chi connectivity index (χ3n) is 4.99. The van der Waals surface area contributed by atoms with Crippen molar-refractivity contribution in [2.24, 2.45) is 10.9 Å². The SMILES string of the molecule is CCNC(=NCCCN1CCOCC1)NCCC(=O)N1CCCC(C)C1. The molecule has 0 aliphatic carbocycles. The molecule has 2 fully saturated rings. The first-order valence-corrected chi connectivity index (χ1v) is 10.3. The lowest BCUT2D eigenvalue weighted by Gasteiger charge is -2.31. The number of morpholine rings is 1. The highest BCUT2D eigenvalue weighted by Gasteiger charge is 2.20. The first kappa shape index (κ1) is 21.0. The molecular formula is C19H37N5O2. The lowest BCUT2D eigenvalue weighted by molar-refractivity contribution is -0.132. The predicted octanol–water partition coefficient (Wildman–Crippen LogP) is 0.912. The van der Waals surface area contributed by atoms with Crippen molar-refractivity contribution in [3.63, 3.8) is 0 Å². The molecule has 0 aromatic rings. The van der Waals surface area contributed by atoms with E-state index >= 15 is 0 Å². The van der Waals surface area contributed by atoms with Crippen molar-refractivity contribution < 1.29 is 9.53 Å². The summed E-state index contributed by atoms with van der Waals surface area (Å²) < 4.78 is 5.37. The number of hydrogen-bond acceptors (Lipinski definition) is 4. The van der Waals surface area contributed by atoms with E-state index < -0.39 is 0 Å². The smallest absolute Gasteiger partial charge is 0.224 e. The van der Waals surface area contributed by atoms with Crippen LogP contribution in [0.2, 0.25) is 0 Å². The Morgan fingerprint density at radius 2 is 2.04 bits per heavy atom. The van der Waals surface area contributed by atoms with Crippen molar-refractivity contribution in [2.45, 2.75) is 39.5 Å². The van der Waals surface area contributed by atoms with Crippen LogP contribution in [0.5, 0.6) is 0 Å². The summed E-state index contributed by atoms with van der Waals surface area (Å²) in [5, 5.41) is 6.56. The normalized spacial score (nSPS) is 22.3. The Morgan fingerprint density at radius 3 is 2.77 bits per heavy atom. The van der Waals surface area contributed by atoms with Crippen LogP contribution in [0.1, 0.15) is 39.5 Å². The molecular weight excluding hydrogens is 330 g/mol. The van der Waals surface area contributed by atoms with Crippen LogP contribution in [0.15, 0.2) is 4.99 Å². The molecule has 0 bridgehead atoms. The van der Waals surface area contributed by atoms with Gasteiger partial charge in [0.15, 0.2) is 5.96 Å². The number of piperidine rings is 1. The molecule has 1 unspecified atom stereocenters. The van der Waals surface area contributed by atoms with E-state index in [0.29, 0.717) is 18.9 Å². The molecule has 0 aromatic carbocycles. The van der Waals surface area contributed by atoms with Gasteiger partial charge in [-0.15, -0.1) is 0 Å². The number of hydrogen-bond donors (Lipinski definition) is 2. The lowest BCUT2D eigenvalue weighted by Crippen LogP contribution is -2.42. The van der Waals surface area contributed by atoms with E-state index in [1.165, 1.54) is 6.42 Å². The van der Waals surface area contributed by atoms with Gasteiger partial charge in [-0.2, -0.15) is 0 Å². The van der Waals surface area contributed by atoms with E-state index in [1.807, 2.05) is 4.90 Å². The van der Waals surface area contributed by atoms with Crippen molar-refractivity contribution >= 4 is 11.9 Å². The molecule has 2 saturated heterocycles. The van der Waals surface area contributed by atoms with E-state index in [0.717, 1.165) is 77.8 Å². The van der Waals surface area contributed by atoms with Crippen molar-refractivity contribution in [3.05, 3.63) is 0 Å². The standard InChI is InChI=1S/C19H37N5O2/c1-3-20-19(21-8-5-10-23-12-14-26-15-13-23)22-9-7-18(25)24-11-4-6-17(2)16-24/h17H,3-16H2,1-2H3,(H2,20,21,22). The minimum Gasteiger partial charge on any atom is -0.379 e. The Labute approximate surface area is 158 Å². The van der Waals surface area contributed by atoms with Crippen LogP contribution >= 0.6 is 0 Å². The molecule has 2 N–H and O–H groups in total. The third kappa shape index (κ3) is 7.91. The number of carbonyl (C=O) groups excluding carboxylic acids is 1.